The van der Waals surface area contributed by atoms with Crippen molar-refractivity contribution in [2.75, 3.05) is 11.1 Å². The predicted octanol–water partition coefficient (Wildman–Crippen LogP) is 5.97. The van der Waals surface area contributed by atoms with E-state index >= 15 is 0 Å². The Hall–Kier alpha value is -1.83. The van der Waals surface area contributed by atoms with Gasteiger partial charge in [0.1, 0.15) is 0 Å². The third-order valence-corrected chi connectivity index (χ3v) is 7.07. The number of carbonyl (C=O) groups is 1. The number of thioether (sulfide) groups is 2. The van der Waals surface area contributed by atoms with Crippen LogP contribution in [0.25, 0.3) is 0 Å². The number of hydrogen-bond donors (Lipinski definition) is 1. The van der Waals surface area contributed by atoms with Crippen LogP contribution in [-0.4, -0.2) is 21.9 Å². The van der Waals surface area contributed by atoms with Crippen LogP contribution in [0.4, 0.5) is 5.69 Å². The Labute approximate surface area is 172 Å². The number of benzene rings is 2. The van der Waals surface area contributed by atoms with Crippen molar-refractivity contribution in [3.05, 3.63) is 65.7 Å². The minimum atomic E-state index is -0.0988. The van der Waals surface area contributed by atoms with E-state index in [-0.39, 0.29) is 5.91 Å². The van der Waals surface area contributed by atoms with Crippen LogP contribution in [0, 0.1) is 0 Å². The van der Waals surface area contributed by atoms with Crippen LogP contribution in [0.3, 0.4) is 0 Å². The first kappa shape index (κ1) is 19.9. The van der Waals surface area contributed by atoms with E-state index in [0.29, 0.717) is 5.56 Å². The summed E-state index contributed by atoms with van der Waals surface area (Å²) in [5.74, 6) is 1.82. The van der Waals surface area contributed by atoms with E-state index < -0.39 is 0 Å². The van der Waals surface area contributed by atoms with Gasteiger partial charge in [0.15, 0.2) is 8.68 Å². The fraction of sp³-hybridized carbons (Fsp3) is 0.250. The Morgan fingerprint density at radius 3 is 2.41 bits per heavy atom. The number of para-hydroxylation sites is 1. The minimum Gasteiger partial charge on any atom is -0.322 e. The summed E-state index contributed by atoms with van der Waals surface area (Å²) < 4.78 is 2.03. The Bertz CT molecular complexity index is 850. The van der Waals surface area contributed by atoms with Gasteiger partial charge in [0, 0.05) is 22.8 Å². The average molecular weight is 416 g/mol. The molecular formula is C20H21N3OS3. The van der Waals surface area contributed by atoms with E-state index in [0.717, 1.165) is 31.4 Å². The number of nitrogens with one attached hydrogen (secondary N) is 1. The lowest BCUT2D eigenvalue weighted by molar-refractivity contribution is 0.102. The van der Waals surface area contributed by atoms with Crippen LogP contribution >= 0.6 is 34.9 Å². The minimum absolute atomic E-state index is 0.0988. The van der Waals surface area contributed by atoms with E-state index in [1.165, 1.54) is 12.8 Å². The number of rotatable bonds is 9. The highest BCUT2D eigenvalue weighted by Crippen LogP contribution is 2.31. The van der Waals surface area contributed by atoms with Gasteiger partial charge in [-0.2, -0.15) is 0 Å². The lowest BCUT2D eigenvalue weighted by Crippen LogP contribution is -2.11. The van der Waals surface area contributed by atoms with Crippen LogP contribution in [0.2, 0.25) is 0 Å². The van der Waals surface area contributed by atoms with Crippen molar-refractivity contribution < 1.29 is 4.79 Å². The number of nitrogens with zero attached hydrogens (tertiary/aromatic N) is 2. The monoisotopic (exact) mass is 415 g/mol. The van der Waals surface area contributed by atoms with Gasteiger partial charge < -0.3 is 5.32 Å². The Kier molecular flexibility index (Phi) is 7.74. The van der Waals surface area contributed by atoms with E-state index in [9.17, 15) is 4.79 Å². The summed E-state index contributed by atoms with van der Waals surface area (Å²) in [6.45, 7) is 2.19. The maximum atomic E-state index is 12.3. The molecule has 0 bridgehead atoms. The fourth-order valence-corrected chi connectivity index (χ4v) is 5.37. The van der Waals surface area contributed by atoms with Crippen molar-refractivity contribution in [2.24, 2.45) is 0 Å². The molecule has 3 rings (SSSR count). The van der Waals surface area contributed by atoms with Gasteiger partial charge >= 0.3 is 0 Å². The SMILES string of the molecule is CCCCSc1nnc(SCc2ccc(C(=O)Nc3ccccc3)cc2)s1. The second kappa shape index (κ2) is 10.5. The molecule has 0 saturated carbocycles. The van der Waals surface area contributed by atoms with Gasteiger partial charge in [-0.3, -0.25) is 4.79 Å². The fourth-order valence-electron chi connectivity index (χ4n) is 2.24. The first-order chi connectivity index (χ1) is 13.2. The molecule has 0 unspecified atom stereocenters. The zero-order valence-corrected chi connectivity index (χ0v) is 17.5. The zero-order chi connectivity index (χ0) is 18.9. The summed E-state index contributed by atoms with van der Waals surface area (Å²) in [4.78, 5) is 12.3. The van der Waals surface area contributed by atoms with E-state index in [2.05, 4.69) is 22.4 Å². The Morgan fingerprint density at radius 2 is 1.70 bits per heavy atom. The molecular weight excluding hydrogens is 394 g/mol. The Balaban J connectivity index is 1.50. The second-order valence-corrected chi connectivity index (χ2v) is 9.38. The predicted molar refractivity (Wildman–Crippen MR) is 116 cm³/mol. The molecule has 0 fully saturated rings. The summed E-state index contributed by atoms with van der Waals surface area (Å²) in [7, 11) is 0. The first-order valence-electron chi connectivity index (χ1n) is 8.79. The molecule has 0 aliphatic heterocycles. The van der Waals surface area contributed by atoms with E-state index in [4.69, 9.17) is 0 Å². The summed E-state index contributed by atoms with van der Waals surface area (Å²) in [6, 6.07) is 17.2. The average Bonchev–Trinajstić information content (AvgIpc) is 3.15. The van der Waals surface area contributed by atoms with Crippen LogP contribution in [0.5, 0.6) is 0 Å². The van der Waals surface area contributed by atoms with Crippen molar-refractivity contribution in [3.63, 3.8) is 0 Å². The number of unbranched alkanes of at least 4 members (excludes halogenated alkanes) is 1. The highest BCUT2D eigenvalue weighted by molar-refractivity contribution is 8.02. The molecule has 0 atom stereocenters. The molecule has 1 N–H and O–H groups in total. The van der Waals surface area contributed by atoms with Crippen LogP contribution in [0.1, 0.15) is 35.7 Å². The van der Waals surface area contributed by atoms with Crippen molar-refractivity contribution >= 4 is 46.5 Å². The third kappa shape index (κ3) is 6.37. The summed E-state index contributed by atoms with van der Waals surface area (Å²) in [6.07, 6.45) is 2.41. The van der Waals surface area contributed by atoms with Crippen molar-refractivity contribution in [1.29, 1.82) is 0 Å². The van der Waals surface area contributed by atoms with Gasteiger partial charge in [-0.1, -0.05) is 78.5 Å². The number of carbonyl (C=O) groups excluding carboxylic acids is 1. The van der Waals surface area contributed by atoms with Gasteiger partial charge in [-0.25, -0.2) is 0 Å². The van der Waals surface area contributed by atoms with Gasteiger partial charge in [-0.05, 0) is 36.2 Å². The largest absolute Gasteiger partial charge is 0.322 e. The van der Waals surface area contributed by atoms with Gasteiger partial charge in [0.25, 0.3) is 5.91 Å². The molecule has 1 amide bonds. The maximum Gasteiger partial charge on any atom is 0.255 e. The molecule has 27 heavy (non-hydrogen) atoms. The molecule has 140 valence electrons. The normalized spacial score (nSPS) is 10.7. The highest BCUT2D eigenvalue weighted by atomic mass is 32.2. The molecule has 2 aromatic carbocycles. The molecule has 1 heterocycles. The molecule has 0 aliphatic carbocycles. The van der Waals surface area contributed by atoms with Gasteiger partial charge in [0.2, 0.25) is 0 Å². The summed E-state index contributed by atoms with van der Waals surface area (Å²) >= 11 is 5.11. The zero-order valence-electron chi connectivity index (χ0n) is 15.1. The molecule has 0 spiro atoms. The Morgan fingerprint density at radius 1 is 1.00 bits per heavy atom. The first-order valence-corrected chi connectivity index (χ1v) is 11.6. The molecule has 0 radical (unpaired) electrons. The molecule has 0 saturated heterocycles. The third-order valence-electron chi connectivity index (χ3n) is 3.72. The van der Waals surface area contributed by atoms with Crippen LogP contribution in [0.15, 0.2) is 63.3 Å². The summed E-state index contributed by atoms with van der Waals surface area (Å²) in [5.41, 5.74) is 2.61. The summed E-state index contributed by atoms with van der Waals surface area (Å²) in [5, 5.41) is 11.4. The lowest BCUT2D eigenvalue weighted by Gasteiger charge is -2.06. The molecule has 1 aromatic heterocycles. The maximum absolute atomic E-state index is 12.3. The van der Waals surface area contributed by atoms with Crippen molar-refractivity contribution in [1.82, 2.24) is 10.2 Å². The number of hydrogen-bond acceptors (Lipinski definition) is 6. The topological polar surface area (TPSA) is 54.9 Å². The number of amides is 1. The number of anilines is 1. The van der Waals surface area contributed by atoms with Gasteiger partial charge in [0.05, 0.1) is 0 Å². The molecule has 3 aromatic rings. The van der Waals surface area contributed by atoms with Crippen LogP contribution < -0.4 is 5.32 Å². The van der Waals surface area contributed by atoms with Crippen molar-refractivity contribution in [2.45, 2.75) is 34.2 Å². The van der Waals surface area contributed by atoms with Crippen LogP contribution in [-0.2, 0) is 5.75 Å². The molecule has 7 heteroatoms. The van der Waals surface area contributed by atoms with Crippen molar-refractivity contribution in [3.8, 4) is 0 Å². The van der Waals surface area contributed by atoms with Gasteiger partial charge in [-0.15, -0.1) is 10.2 Å². The lowest BCUT2D eigenvalue weighted by atomic mass is 10.1. The standard InChI is InChI=1S/C20H21N3OS3/c1-2-3-13-25-19-22-23-20(27-19)26-14-15-9-11-16(12-10-15)18(24)21-17-7-5-4-6-8-17/h4-12H,2-3,13-14H2,1H3,(H,21,24). The quantitative estimate of drug-likeness (QED) is 0.344. The molecule has 4 nitrogen and oxygen atoms in total. The number of aromatic nitrogens is 2. The highest BCUT2D eigenvalue weighted by Gasteiger charge is 2.08. The second-order valence-electron chi connectivity index (χ2n) is 5.84. The van der Waals surface area contributed by atoms with E-state index in [1.54, 1.807) is 34.9 Å². The molecule has 0 aliphatic rings. The smallest absolute Gasteiger partial charge is 0.255 e. The van der Waals surface area contributed by atoms with E-state index in [1.807, 2.05) is 54.6 Å².